The predicted octanol–water partition coefficient (Wildman–Crippen LogP) is 4.42. The summed E-state index contributed by atoms with van der Waals surface area (Å²) in [6.45, 7) is 9.39. The number of fused-ring (bicyclic) bond motifs is 1. The highest BCUT2D eigenvalue weighted by atomic mass is 32.2. The molecule has 2 heterocycles. The lowest BCUT2D eigenvalue weighted by molar-refractivity contribution is -0.131. The second-order valence-electron chi connectivity index (χ2n) is 7.84. The Labute approximate surface area is 154 Å². The van der Waals surface area contributed by atoms with Crippen LogP contribution >= 0.6 is 11.8 Å². The summed E-state index contributed by atoms with van der Waals surface area (Å²) in [4.78, 5) is 24.2. The molecule has 1 atom stereocenters. The normalized spacial score (nSPS) is 18.6. The quantitative estimate of drug-likeness (QED) is 0.602. The monoisotopic (exact) mass is 357 g/mol. The first-order valence-electron chi connectivity index (χ1n) is 9.06. The minimum Gasteiger partial charge on any atom is -0.339 e. The molecule has 1 fully saturated rings. The van der Waals surface area contributed by atoms with E-state index in [-0.39, 0.29) is 11.3 Å². The Bertz CT molecular complexity index is 769. The van der Waals surface area contributed by atoms with Crippen molar-refractivity contribution < 1.29 is 4.79 Å². The van der Waals surface area contributed by atoms with E-state index in [1.54, 1.807) is 11.8 Å². The van der Waals surface area contributed by atoms with E-state index in [1.165, 1.54) is 6.42 Å². The van der Waals surface area contributed by atoms with E-state index in [0.717, 1.165) is 41.1 Å². The number of aromatic nitrogens is 2. The first-order valence-corrected chi connectivity index (χ1v) is 10.0. The maximum absolute atomic E-state index is 12.7. The van der Waals surface area contributed by atoms with Crippen LogP contribution in [0.15, 0.2) is 29.3 Å². The van der Waals surface area contributed by atoms with E-state index in [4.69, 9.17) is 9.97 Å². The number of benzene rings is 1. The van der Waals surface area contributed by atoms with E-state index in [0.29, 0.717) is 11.8 Å². The molecule has 0 bridgehead atoms. The van der Waals surface area contributed by atoms with Crippen LogP contribution in [0.5, 0.6) is 0 Å². The Hall–Kier alpha value is -1.62. The van der Waals surface area contributed by atoms with Gasteiger partial charge in [-0.05, 0) is 32.3 Å². The Morgan fingerprint density at radius 2 is 2.00 bits per heavy atom. The molecule has 1 aromatic carbocycles. The molecule has 0 aliphatic carbocycles. The minimum absolute atomic E-state index is 0.120. The van der Waals surface area contributed by atoms with Gasteiger partial charge in [0.15, 0.2) is 0 Å². The molecule has 1 aromatic heterocycles. The van der Waals surface area contributed by atoms with Gasteiger partial charge >= 0.3 is 0 Å². The number of thioether (sulfide) groups is 1. The van der Waals surface area contributed by atoms with Crippen LogP contribution in [0.4, 0.5) is 0 Å². The Morgan fingerprint density at radius 1 is 1.24 bits per heavy atom. The topological polar surface area (TPSA) is 46.1 Å². The third-order valence-electron chi connectivity index (χ3n) is 4.69. The first-order chi connectivity index (χ1) is 11.9. The van der Waals surface area contributed by atoms with Gasteiger partial charge in [-0.1, -0.05) is 50.7 Å². The third kappa shape index (κ3) is 4.14. The molecule has 3 rings (SSSR count). The molecule has 25 heavy (non-hydrogen) atoms. The molecule has 1 saturated heterocycles. The molecular formula is C20H27N3OS. The van der Waals surface area contributed by atoms with Gasteiger partial charge in [0.2, 0.25) is 5.91 Å². The standard InChI is InChI=1S/C20H27N3OS/c1-14-9-7-8-12-23(14)17(24)13-25-18-15-10-5-6-11-16(15)21-19(22-18)20(2,3)4/h5-6,10-11,14H,7-9,12-13H2,1-4H3/t14-/m0/s1. The van der Waals surface area contributed by atoms with Gasteiger partial charge in [-0.2, -0.15) is 0 Å². The zero-order chi connectivity index (χ0) is 18.0. The lowest BCUT2D eigenvalue weighted by Gasteiger charge is -2.33. The van der Waals surface area contributed by atoms with E-state index in [1.807, 2.05) is 29.2 Å². The van der Waals surface area contributed by atoms with Gasteiger partial charge in [0.25, 0.3) is 0 Å². The molecule has 4 nitrogen and oxygen atoms in total. The van der Waals surface area contributed by atoms with Crippen molar-refractivity contribution in [1.29, 1.82) is 0 Å². The lowest BCUT2D eigenvalue weighted by atomic mass is 9.95. The van der Waals surface area contributed by atoms with Crippen LogP contribution < -0.4 is 0 Å². The third-order valence-corrected chi connectivity index (χ3v) is 5.67. The smallest absolute Gasteiger partial charge is 0.233 e. The number of para-hydroxylation sites is 1. The number of nitrogens with zero attached hydrogens (tertiary/aromatic N) is 3. The maximum atomic E-state index is 12.7. The van der Waals surface area contributed by atoms with Gasteiger partial charge in [0, 0.05) is 23.4 Å². The van der Waals surface area contributed by atoms with E-state index < -0.39 is 0 Å². The first kappa shape index (κ1) is 18.2. The fraction of sp³-hybridized carbons (Fsp3) is 0.550. The van der Waals surface area contributed by atoms with E-state index in [9.17, 15) is 4.79 Å². The van der Waals surface area contributed by atoms with Crippen LogP contribution in [-0.4, -0.2) is 39.1 Å². The van der Waals surface area contributed by atoms with E-state index in [2.05, 4.69) is 27.7 Å². The fourth-order valence-electron chi connectivity index (χ4n) is 3.17. The zero-order valence-corrected chi connectivity index (χ0v) is 16.4. The summed E-state index contributed by atoms with van der Waals surface area (Å²) in [5, 5.41) is 1.94. The van der Waals surface area contributed by atoms with Crippen LogP contribution in [0.3, 0.4) is 0 Å². The fourth-order valence-corrected chi connectivity index (χ4v) is 4.08. The summed E-state index contributed by atoms with van der Waals surface area (Å²) in [5.41, 5.74) is 0.828. The maximum Gasteiger partial charge on any atom is 0.233 e. The molecule has 0 N–H and O–H groups in total. The number of piperidine rings is 1. The van der Waals surface area contributed by atoms with E-state index >= 15 is 0 Å². The van der Waals surface area contributed by atoms with Crippen molar-refractivity contribution in [3.8, 4) is 0 Å². The largest absolute Gasteiger partial charge is 0.339 e. The van der Waals surface area contributed by atoms with Gasteiger partial charge in [0.05, 0.1) is 11.3 Å². The zero-order valence-electron chi connectivity index (χ0n) is 15.6. The van der Waals surface area contributed by atoms with Crippen molar-refractivity contribution >= 4 is 28.6 Å². The molecule has 1 aliphatic heterocycles. The number of hydrogen-bond donors (Lipinski definition) is 0. The molecule has 1 aliphatic rings. The van der Waals surface area contributed by atoms with Crippen molar-refractivity contribution in [3.63, 3.8) is 0 Å². The van der Waals surface area contributed by atoms with Gasteiger partial charge in [-0.3, -0.25) is 4.79 Å². The van der Waals surface area contributed by atoms with Gasteiger partial charge in [0.1, 0.15) is 10.9 Å². The lowest BCUT2D eigenvalue weighted by Crippen LogP contribution is -2.42. The number of rotatable bonds is 3. The number of carbonyl (C=O) groups excluding carboxylic acids is 1. The summed E-state index contributed by atoms with van der Waals surface area (Å²) in [7, 11) is 0. The summed E-state index contributed by atoms with van der Waals surface area (Å²) < 4.78 is 0. The highest BCUT2D eigenvalue weighted by Gasteiger charge is 2.24. The summed E-state index contributed by atoms with van der Waals surface area (Å²) in [6.07, 6.45) is 3.45. The molecule has 1 amide bonds. The summed E-state index contributed by atoms with van der Waals surface area (Å²) in [5.74, 6) is 1.49. The molecule has 0 radical (unpaired) electrons. The molecule has 0 saturated carbocycles. The van der Waals surface area contributed by atoms with Crippen molar-refractivity contribution in [3.05, 3.63) is 30.1 Å². The van der Waals surface area contributed by atoms with Crippen molar-refractivity contribution in [2.75, 3.05) is 12.3 Å². The molecule has 0 spiro atoms. The predicted molar refractivity (Wildman–Crippen MR) is 104 cm³/mol. The van der Waals surface area contributed by atoms with Crippen LogP contribution in [0.1, 0.15) is 52.8 Å². The number of carbonyl (C=O) groups is 1. The average molecular weight is 358 g/mol. The molecule has 5 heteroatoms. The SMILES string of the molecule is C[C@H]1CCCCN1C(=O)CSc1nc(C(C)(C)C)nc2ccccc12. The van der Waals surface area contributed by atoms with Crippen LogP contribution in [0.25, 0.3) is 10.9 Å². The van der Waals surface area contributed by atoms with Crippen molar-refractivity contribution in [2.45, 2.75) is 63.4 Å². The van der Waals surface area contributed by atoms with Crippen LogP contribution in [-0.2, 0) is 10.2 Å². The minimum atomic E-state index is -0.120. The van der Waals surface area contributed by atoms with Crippen molar-refractivity contribution in [2.24, 2.45) is 0 Å². The van der Waals surface area contributed by atoms with Gasteiger partial charge in [-0.25, -0.2) is 9.97 Å². The number of amides is 1. The number of hydrogen-bond acceptors (Lipinski definition) is 4. The molecule has 0 unspecified atom stereocenters. The highest BCUT2D eigenvalue weighted by Crippen LogP contribution is 2.29. The Balaban J connectivity index is 1.84. The second kappa shape index (κ2) is 7.32. The van der Waals surface area contributed by atoms with Gasteiger partial charge in [-0.15, -0.1) is 0 Å². The Kier molecular flexibility index (Phi) is 5.32. The summed E-state index contributed by atoms with van der Waals surface area (Å²) >= 11 is 1.54. The molecule has 134 valence electrons. The average Bonchev–Trinajstić information content (AvgIpc) is 2.58. The second-order valence-corrected chi connectivity index (χ2v) is 8.80. The van der Waals surface area contributed by atoms with Crippen LogP contribution in [0, 0.1) is 0 Å². The summed E-state index contributed by atoms with van der Waals surface area (Å²) in [6, 6.07) is 8.41. The van der Waals surface area contributed by atoms with Crippen LogP contribution in [0.2, 0.25) is 0 Å². The number of likely N-dealkylation sites (tertiary alicyclic amines) is 1. The van der Waals surface area contributed by atoms with Crippen molar-refractivity contribution in [1.82, 2.24) is 14.9 Å². The van der Waals surface area contributed by atoms with Gasteiger partial charge < -0.3 is 4.90 Å². The molecule has 2 aromatic rings. The highest BCUT2D eigenvalue weighted by molar-refractivity contribution is 8.00. The molecular weight excluding hydrogens is 330 g/mol. The Morgan fingerprint density at radius 3 is 2.72 bits per heavy atom.